The highest BCUT2D eigenvalue weighted by atomic mass is 19.4. The Hall–Kier alpha value is -2.13. The number of rotatable bonds is 3. The molecular weight excluding hydrogens is 329 g/mol. The van der Waals surface area contributed by atoms with Crippen molar-refractivity contribution in [2.24, 2.45) is 5.92 Å². The number of aromatic nitrogens is 3. The zero-order chi connectivity index (χ0) is 18.3. The predicted octanol–water partition coefficient (Wildman–Crippen LogP) is 1.66. The molecule has 0 aliphatic heterocycles. The van der Waals surface area contributed by atoms with Gasteiger partial charge in [-0.1, -0.05) is 26.0 Å². The fraction of sp³-hybridized carbons (Fsp3) is 0.714. The van der Waals surface area contributed by atoms with Gasteiger partial charge < -0.3 is 10.4 Å². The summed E-state index contributed by atoms with van der Waals surface area (Å²) in [5, 5.41) is 18.9. The normalized spacial score (nSPS) is 24.8. The van der Waals surface area contributed by atoms with Gasteiger partial charge in [0.2, 0.25) is 0 Å². The van der Waals surface area contributed by atoms with Crippen molar-refractivity contribution in [1.29, 1.82) is 0 Å². The highest BCUT2D eigenvalue weighted by Gasteiger charge is 2.45. The van der Waals surface area contributed by atoms with E-state index in [1.807, 2.05) is 26.1 Å². The quantitative estimate of drug-likeness (QED) is 0.866. The summed E-state index contributed by atoms with van der Waals surface area (Å²) in [5.41, 5.74) is 0.315. The Morgan fingerprint density at radius 3 is 2.38 bits per heavy atom. The molecule has 1 fully saturated rings. The van der Waals surface area contributed by atoms with E-state index in [4.69, 9.17) is 5.11 Å². The predicted molar refractivity (Wildman–Crippen MR) is 76.1 cm³/mol. The van der Waals surface area contributed by atoms with E-state index in [-0.39, 0.29) is 18.3 Å². The van der Waals surface area contributed by atoms with Crippen LogP contribution in [0, 0.1) is 5.92 Å². The summed E-state index contributed by atoms with van der Waals surface area (Å²) in [4.78, 5) is 22.4. The molecule has 1 aliphatic carbocycles. The molecule has 0 spiro atoms. The number of halogens is 3. The van der Waals surface area contributed by atoms with Crippen molar-refractivity contribution in [2.75, 3.05) is 0 Å². The Morgan fingerprint density at radius 2 is 1.92 bits per heavy atom. The van der Waals surface area contributed by atoms with E-state index in [0.717, 1.165) is 0 Å². The minimum atomic E-state index is -5.02. The van der Waals surface area contributed by atoms with E-state index in [2.05, 4.69) is 10.3 Å². The van der Waals surface area contributed by atoms with Crippen molar-refractivity contribution in [2.45, 2.75) is 57.3 Å². The lowest BCUT2D eigenvalue weighted by Gasteiger charge is -2.21. The van der Waals surface area contributed by atoms with Crippen LogP contribution in [0.4, 0.5) is 13.2 Å². The molecule has 1 unspecified atom stereocenters. The van der Waals surface area contributed by atoms with Crippen LogP contribution in [0.15, 0.2) is 6.20 Å². The number of aliphatic carboxylic acids is 1. The first-order valence-corrected chi connectivity index (χ1v) is 7.42. The molecule has 2 rings (SSSR count). The van der Waals surface area contributed by atoms with E-state index in [0.29, 0.717) is 5.69 Å². The molecule has 1 aromatic rings. The van der Waals surface area contributed by atoms with Gasteiger partial charge in [0.05, 0.1) is 23.7 Å². The summed E-state index contributed by atoms with van der Waals surface area (Å²) in [5.74, 6) is -4.05. The number of carbonyl (C=O) groups excluding carboxylic acids is 1. The van der Waals surface area contributed by atoms with Gasteiger partial charge in [0.15, 0.2) is 0 Å². The molecule has 10 heteroatoms. The van der Waals surface area contributed by atoms with Crippen LogP contribution in [0.25, 0.3) is 0 Å². The fourth-order valence-electron chi connectivity index (χ4n) is 2.70. The molecule has 0 radical (unpaired) electrons. The van der Waals surface area contributed by atoms with Crippen LogP contribution in [0.5, 0.6) is 0 Å². The SMILES string of the molecule is CC(C)(C)c1cn([C@H]2CC(C(=O)O)C[C@H]2NC(=O)C(F)(F)F)nn1. The lowest BCUT2D eigenvalue weighted by Crippen LogP contribution is -2.45. The van der Waals surface area contributed by atoms with Crippen molar-refractivity contribution >= 4 is 11.9 Å². The van der Waals surface area contributed by atoms with Gasteiger partial charge in [0.1, 0.15) is 0 Å². The maximum absolute atomic E-state index is 12.5. The zero-order valence-electron chi connectivity index (χ0n) is 13.5. The second-order valence-corrected chi connectivity index (χ2v) is 6.99. The van der Waals surface area contributed by atoms with Gasteiger partial charge >= 0.3 is 18.1 Å². The van der Waals surface area contributed by atoms with Crippen LogP contribution in [0.2, 0.25) is 0 Å². The average molecular weight is 348 g/mol. The molecule has 3 atom stereocenters. The van der Waals surface area contributed by atoms with Gasteiger partial charge in [-0.05, 0) is 12.8 Å². The average Bonchev–Trinajstić information content (AvgIpc) is 3.02. The molecular formula is C14H19F3N4O3. The van der Waals surface area contributed by atoms with E-state index in [1.54, 1.807) is 6.20 Å². The lowest BCUT2D eigenvalue weighted by atomic mass is 9.93. The van der Waals surface area contributed by atoms with Gasteiger partial charge in [0, 0.05) is 11.6 Å². The Labute approximate surface area is 136 Å². The number of nitrogens with one attached hydrogen (secondary N) is 1. The summed E-state index contributed by atoms with van der Waals surface area (Å²) in [7, 11) is 0. The molecule has 0 saturated heterocycles. The third-order valence-electron chi connectivity index (χ3n) is 4.07. The summed E-state index contributed by atoms with van der Waals surface area (Å²) < 4.78 is 38.8. The van der Waals surface area contributed by atoms with Crippen LogP contribution in [0.1, 0.15) is 45.3 Å². The minimum Gasteiger partial charge on any atom is -0.481 e. The zero-order valence-corrected chi connectivity index (χ0v) is 13.5. The lowest BCUT2D eigenvalue weighted by molar-refractivity contribution is -0.174. The monoisotopic (exact) mass is 348 g/mol. The summed E-state index contributed by atoms with van der Waals surface area (Å²) in [6.45, 7) is 5.71. The number of amides is 1. The molecule has 1 aliphatic rings. The maximum atomic E-state index is 12.5. The van der Waals surface area contributed by atoms with Crippen LogP contribution in [-0.2, 0) is 15.0 Å². The summed E-state index contributed by atoms with van der Waals surface area (Å²) >= 11 is 0. The van der Waals surface area contributed by atoms with Crippen LogP contribution in [-0.4, -0.2) is 44.2 Å². The van der Waals surface area contributed by atoms with E-state index in [1.165, 1.54) is 4.68 Å². The van der Waals surface area contributed by atoms with Crippen LogP contribution < -0.4 is 5.32 Å². The Bertz CT molecular complexity index is 636. The minimum absolute atomic E-state index is 0.0745. The molecule has 1 saturated carbocycles. The summed E-state index contributed by atoms with van der Waals surface area (Å²) in [6, 6.07) is -1.67. The standard InChI is InChI=1S/C14H19F3N4O3/c1-13(2,3)10-6-21(20-19-10)9-5-7(11(22)23)4-8(9)18-12(24)14(15,16)17/h6-9H,4-5H2,1-3H3,(H,18,24)(H,22,23)/t7?,8-,9+/m1/s1. The highest BCUT2D eigenvalue weighted by molar-refractivity contribution is 5.82. The van der Waals surface area contributed by atoms with Gasteiger partial charge in [-0.25, -0.2) is 4.68 Å². The molecule has 24 heavy (non-hydrogen) atoms. The fourth-order valence-corrected chi connectivity index (χ4v) is 2.70. The highest BCUT2D eigenvalue weighted by Crippen LogP contribution is 2.36. The number of nitrogens with zero attached hydrogens (tertiary/aromatic N) is 3. The van der Waals surface area contributed by atoms with Crippen molar-refractivity contribution in [3.05, 3.63) is 11.9 Å². The Kier molecular flexibility index (Phi) is 4.60. The number of carbonyl (C=O) groups is 2. The molecule has 0 aromatic carbocycles. The first-order valence-electron chi connectivity index (χ1n) is 7.42. The maximum Gasteiger partial charge on any atom is 0.471 e. The first kappa shape index (κ1) is 18.2. The topological polar surface area (TPSA) is 97.1 Å². The molecule has 7 nitrogen and oxygen atoms in total. The Morgan fingerprint density at radius 1 is 1.29 bits per heavy atom. The van der Waals surface area contributed by atoms with E-state index in [9.17, 15) is 22.8 Å². The number of alkyl halides is 3. The van der Waals surface area contributed by atoms with Gasteiger partial charge in [0.25, 0.3) is 0 Å². The number of hydrogen-bond donors (Lipinski definition) is 2. The van der Waals surface area contributed by atoms with Gasteiger partial charge in [-0.15, -0.1) is 5.10 Å². The van der Waals surface area contributed by atoms with Gasteiger partial charge in [-0.2, -0.15) is 13.2 Å². The van der Waals surface area contributed by atoms with Crippen molar-refractivity contribution in [3.8, 4) is 0 Å². The molecule has 2 N–H and O–H groups in total. The molecule has 1 amide bonds. The van der Waals surface area contributed by atoms with Crippen LogP contribution >= 0.6 is 0 Å². The first-order chi connectivity index (χ1) is 10.9. The number of carboxylic acids is 1. The molecule has 134 valence electrons. The Balaban J connectivity index is 2.25. The molecule has 0 bridgehead atoms. The second kappa shape index (κ2) is 6.06. The van der Waals surface area contributed by atoms with E-state index >= 15 is 0 Å². The van der Waals surface area contributed by atoms with Crippen molar-refractivity contribution < 1.29 is 27.9 Å². The third kappa shape index (κ3) is 3.85. The number of carboxylic acid groups (broad SMARTS) is 1. The van der Waals surface area contributed by atoms with Crippen LogP contribution in [0.3, 0.4) is 0 Å². The van der Waals surface area contributed by atoms with Gasteiger partial charge in [-0.3, -0.25) is 9.59 Å². The second-order valence-electron chi connectivity index (χ2n) is 6.99. The third-order valence-corrected chi connectivity index (χ3v) is 4.07. The number of hydrogen-bond acceptors (Lipinski definition) is 4. The molecule has 1 heterocycles. The largest absolute Gasteiger partial charge is 0.481 e. The molecule has 1 aromatic heterocycles. The van der Waals surface area contributed by atoms with Crippen molar-refractivity contribution in [1.82, 2.24) is 20.3 Å². The van der Waals surface area contributed by atoms with Crippen molar-refractivity contribution in [3.63, 3.8) is 0 Å². The summed E-state index contributed by atoms with van der Waals surface area (Å²) in [6.07, 6.45) is -3.45. The smallest absolute Gasteiger partial charge is 0.471 e. The van der Waals surface area contributed by atoms with E-state index < -0.39 is 36.1 Å².